The van der Waals surface area contributed by atoms with Crippen molar-refractivity contribution in [3.63, 3.8) is 0 Å². The molecule has 0 fully saturated rings. The van der Waals surface area contributed by atoms with Gasteiger partial charge in [0.25, 0.3) is 5.56 Å². The maximum atomic E-state index is 14.2. The molecule has 0 aliphatic carbocycles. The van der Waals surface area contributed by atoms with Gasteiger partial charge in [-0.25, -0.2) is 4.39 Å². The molecule has 3 heterocycles. The van der Waals surface area contributed by atoms with Crippen molar-refractivity contribution in [2.45, 2.75) is 30.3 Å². The second-order valence-electron chi connectivity index (χ2n) is 7.47. The predicted octanol–water partition coefficient (Wildman–Crippen LogP) is 5.99. The van der Waals surface area contributed by atoms with E-state index < -0.39 is 0 Å². The Morgan fingerprint density at radius 1 is 1.12 bits per heavy atom. The minimum atomic E-state index is -0.354. The first-order chi connectivity index (χ1) is 15.5. The van der Waals surface area contributed by atoms with Gasteiger partial charge in [-0.05, 0) is 35.1 Å². The topological polar surface area (TPSA) is 52.2 Å². The van der Waals surface area contributed by atoms with Crippen LogP contribution in [0.1, 0.15) is 24.0 Å². The number of benzene rings is 2. The van der Waals surface area contributed by atoms with Crippen LogP contribution in [0.5, 0.6) is 0 Å². The van der Waals surface area contributed by atoms with E-state index in [0.717, 1.165) is 11.1 Å². The fourth-order valence-corrected chi connectivity index (χ4v) is 5.83. The number of fused-ring (bicyclic) bond motifs is 3. The molecule has 5 aromatic rings. The van der Waals surface area contributed by atoms with Gasteiger partial charge in [0, 0.05) is 22.9 Å². The molecule has 5 nitrogen and oxygen atoms in total. The first kappa shape index (κ1) is 21.2. The predicted molar refractivity (Wildman–Crippen MR) is 128 cm³/mol. The number of thioether (sulfide) groups is 1. The lowest BCUT2D eigenvalue weighted by Gasteiger charge is -2.15. The summed E-state index contributed by atoms with van der Waals surface area (Å²) in [6.45, 7) is 2.56. The molecular weight excluding hydrogens is 467 g/mol. The molecule has 32 heavy (non-hydrogen) atoms. The third kappa shape index (κ3) is 3.72. The van der Waals surface area contributed by atoms with Gasteiger partial charge < -0.3 is 0 Å². The molecular formula is C23H18ClFN4OS2. The molecule has 3 aromatic heterocycles. The quantitative estimate of drug-likeness (QED) is 0.277. The van der Waals surface area contributed by atoms with Crippen molar-refractivity contribution < 1.29 is 4.39 Å². The van der Waals surface area contributed by atoms with Crippen LogP contribution in [0.3, 0.4) is 0 Å². The average Bonchev–Trinajstić information content (AvgIpc) is 3.44. The summed E-state index contributed by atoms with van der Waals surface area (Å²) >= 11 is 8.92. The molecule has 9 heteroatoms. The molecule has 0 saturated heterocycles. The van der Waals surface area contributed by atoms with Crippen LogP contribution >= 0.6 is 34.7 Å². The zero-order chi connectivity index (χ0) is 22.2. The van der Waals surface area contributed by atoms with Gasteiger partial charge in [0.2, 0.25) is 5.78 Å². The Kier molecular flexibility index (Phi) is 5.75. The van der Waals surface area contributed by atoms with Crippen molar-refractivity contribution in [1.29, 1.82) is 0 Å². The maximum Gasteiger partial charge on any atom is 0.272 e. The average molecular weight is 485 g/mol. The molecule has 0 saturated carbocycles. The Labute approximate surface area is 196 Å². The third-order valence-electron chi connectivity index (χ3n) is 5.41. The van der Waals surface area contributed by atoms with Gasteiger partial charge in [-0.15, -0.1) is 21.5 Å². The zero-order valence-corrected chi connectivity index (χ0v) is 19.4. The molecule has 0 spiro atoms. The second kappa shape index (κ2) is 8.69. The van der Waals surface area contributed by atoms with E-state index >= 15 is 0 Å². The minimum absolute atomic E-state index is 0.0774. The van der Waals surface area contributed by atoms with E-state index in [-0.39, 0.29) is 17.3 Å². The van der Waals surface area contributed by atoms with Crippen LogP contribution in [0.4, 0.5) is 4.39 Å². The molecule has 0 aliphatic rings. The summed E-state index contributed by atoms with van der Waals surface area (Å²) in [4.78, 5) is 13.3. The van der Waals surface area contributed by atoms with E-state index in [0.29, 0.717) is 38.5 Å². The molecule has 0 aliphatic heterocycles. The fraction of sp³-hybridized carbons (Fsp3) is 0.174. The highest BCUT2D eigenvalue weighted by Crippen LogP contribution is 2.30. The van der Waals surface area contributed by atoms with Crippen LogP contribution in [-0.2, 0) is 12.3 Å². The van der Waals surface area contributed by atoms with Gasteiger partial charge in [0.05, 0.1) is 5.52 Å². The highest BCUT2D eigenvalue weighted by Gasteiger charge is 2.20. The van der Waals surface area contributed by atoms with E-state index in [1.807, 2.05) is 34.0 Å². The van der Waals surface area contributed by atoms with Gasteiger partial charge in [-0.1, -0.05) is 66.7 Å². The van der Waals surface area contributed by atoms with E-state index in [4.69, 9.17) is 11.6 Å². The summed E-state index contributed by atoms with van der Waals surface area (Å²) < 4.78 is 18.4. The molecule has 0 radical (unpaired) electrons. The summed E-state index contributed by atoms with van der Waals surface area (Å²) in [5.41, 5.74) is 2.24. The lowest BCUT2D eigenvalue weighted by Crippen LogP contribution is -2.24. The monoisotopic (exact) mass is 484 g/mol. The van der Waals surface area contributed by atoms with Gasteiger partial charge >= 0.3 is 0 Å². The first-order valence-electron chi connectivity index (χ1n) is 10.0. The second-order valence-corrected chi connectivity index (χ2v) is 9.74. The Balaban J connectivity index is 1.58. The lowest BCUT2D eigenvalue weighted by molar-refractivity contribution is 0.588. The maximum absolute atomic E-state index is 14.2. The van der Waals surface area contributed by atoms with Crippen LogP contribution in [0.2, 0.25) is 5.02 Å². The molecule has 0 unspecified atom stereocenters. The van der Waals surface area contributed by atoms with Crippen molar-refractivity contribution in [3.05, 3.63) is 92.3 Å². The van der Waals surface area contributed by atoms with E-state index in [2.05, 4.69) is 29.3 Å². The first-order valence-corrected chi connectivity index (χ1v) is 12.2. The Bertz CT molecular complexity index is 1460. The van der Waals surface area contributed by atoms with Crippen LogP contribution < -0.4 is 5.56 Å². The van der Waals surface area contributed by atoms with Crippen molar-refractivity contribution in [2.24, 2.45) is 0 Å². The van der Waals surface area contributed by atoms with Crippen LogP contribution in [0.15, 0.2) is 69.9 Å². The van der Waals surface area contributed by atoms with Crippen molar-refractivity contribution in [1.82, 2.24) is 19.2 Å². The molecule has 0 N–H and O–H groups in total. The number of halogens is 2. The van der Waals surface area contributed by atoms with Gasteiger partial charge in [0.15, 0.2) is 5.16 Å². The summed E-state index contributed by atoms with van der Waals surface area (Å²) in [5.74, 6) is 0.538. The standard InChI is InChI=1S/C23H18ClFN4OS2/c1-14(15-6-3-2-4-7-15)12-28-21(30)20-19(10-11-31-20)29-22(28)26-27-23(29)32-13-16-17(24)8-5-9-18(16)25/h2-11,14H,12-13H2,1H3/t14-/m0/s1. The summed E-state index contributed by atoms with van der Waals surface area (Å²) in [6.07, 6.45) is 0. The van der Waals surface area contributed by atoms with E-state index in [9.17, 15) is 9.18 Å². The van der Waals surface area contributed by atoms with E-state index in [1.165, 1.54) is 29.2 Å². The number of rotatable bonds is 6. The lowest BCUT2D eigenvalue weighted by atomic mass is 10.0. The van der Waals surface area contributed by atoms with Gasteiger partial charge in [0.1, 0.15) is 10.5 Å². The number of hydrogen-bond acceptors (Lipinski definition) is 5. The number of aromatic nitrogens is 4. The zero-order valence-electron chi connectivity index (χ0n) is 17.0. The number of nitrogens with zero attached hydrogens (tertiary/aromatic N) is 4. The van der Waals surface area contributed by atoms with Crippen molar-refractivity contribution in [3.8, 4) is 0 Å². The highest BCUT2D eigenvalue weighted by molar-refractivity contribution is 7.98. The third-order valence-corrected chi connectivity index (χ3v) is 7.62. The number of hydrogen-bond donors (Lipinski definition) is 0. The normalized spacial score (nSPS) is 12.6. The molecule has 5 rings (SSSR count). The molecule has 2 aromatic carbocycles. The van der Waals surface area contributed by atoms with E-state index in [1.54, 1.807) is 16.7 Å². The Morgan fingerprint density at radius 2 is 1.94 bits per heavy atom. The summed E-state index contributed by atoms with van der Waals surface area (Å²) in [7, 11) is 0. The smallest absolute Gasteiger partial charge is 0.272 e. The summed E-state index contributed by atoms with van der Waals surface area (Å²) in [6, 6.07) is 16.6. The van der Waals surface area contributed by atoms with Gasteiger partial charge in [-0.3, -0.25) is 13.8 Å². The highest BCUT2D eigenvalue weighted by atomic mass is 35.5. The molecule has 1 atom stereocenters. The van der Waals surface area contributed by atoms with Crippen LogP contribution in [0.25, 0.3) is 16.0 Å². The molecule has 162 valence electrons. The Hall–Kier alpha value is -2.68. The van der Waals surface area contributed by atoms with Crippen molar-refractivity contribution in [2.75, 3.05) is 0 Å². The Morgan fingerprint density at radius 3 is 2.72 bits per heavy atom. The largest absolute Gasteiger partial charge is 0.275 e. The molecule has 0 amide bonds. The SMILES string of the molecule is C[C@@H](Cn1c(=O)c2sccc2n2c(SCc3c(F)cccc3Cl)nnc12)c1ccccc1. The summed E-state index contributed by atoms with van der Waals surface area (Å²) in [5, 5.41) is 11.5. The fourth-order valence-electron chi connectivity index (χ4n) is 3.73. The van der Waals surface area contributed by atoms with Gasteiger partial charge in [-0.2, -0.15) is 0 Å². The van der Waals surface area contributed by atoms with Crippen molar-refractivity contribution >= 4 is 50.7 Å². The van der Waals surface area contributed by atoms with Crippen LogP contribution in [0, 0.1) is 5.82 Å². The molecule has 0 bridgehead atoms. The number of thiophene rings is 1. The minimum Gasteiger partial charge on any atom is -0.275 e. The van der Waals surface area contributed by atoms with Crippen LogP contribution in [-0.4, -0.2) is 19.2 Å².